The molecule has 0 unspecified atom stereocenters. The molecule has 0 atom stereocenters. The first-order chi connectivity index (χ1) is 11.4. The van der Waals surface area contributed by atoms with Gasteiger partial charge in [0.05, 0.1) is 17.3 Å². The molecule has 0 saturated heterocycles. The predicted molar refractivity (Wildman–Crippen MR) is 97.9 cm³/mol. The Bertz CT molecular complexity index is 701. The lowest BCUT2D eigenvalue weighted by Gasteiger charge is -2.12. The van der Waals surface area contributed by atoms with Crippen LogP contribution in [-0.2, 0) is 20.0 Å². The van der Waals surface area contributed by atoms with Gasteiger partial charge in [0.25, 0.3) is 0 Å². The molecule has 0 spiro atoms. The molecule has 2 N–H and O–H groups in total. The van der Waals surface area contributed by atoms with Crippen LogP contribution in [-0.4, -0.2) is 29.3 Å². The molecule has 0 aromatic carbocycles. The molecule has 132 valence electrons. The lowest BCUT2D eigenvalue weighted by Crippen LogP contribution is -2.37. The van der Waals surface area contributed by atoms with Crippen LogP contribution in [0.3, 0.4) is 0 Å². The maximum absolute atomic E-state index is 6.07. The third kappa shape index (κ3) is 4.45. The number of nitrogens with one attached hydrogen (secondary N) is 2. The molecule has 0 radical (unpaired) electrons. The first-order valence-electron chi connectivity index (χ1n) is 7.80. The average molecular weight is 372 g/mol. The zero-order chi connectivity index (χ0) is 17.7. The van der Waals surface area contributed by atoms with E-state index >= 15 is 0 Å². The van der Waals surface area contributed by atoms with Crippen molar-refractivity contribution in [3.8, 4) is 0 Å². The number of guanidine groups is 1. The topological polar surface area (TPSA) is 67.4 Å². The number of aryl methyl sites for hydroxylation is 2. The SMILES string of the molecule is CN=C(NCCCc1c(C)noc1C)NCc1cc(Cl)c(Cl)n1C. The largest absolute Gasteiger partial charge is 0.361 e. The Morgan fingerprint density at radius 2 is 2.08 bits per heavy atom. The smallest absolute Gasteiger partial charge is 0.191 e. The van der Waals surface area contributed by atoms with E-state index in [1.54, 1.807) is 7.05 Å². The zero-order valence-corrected chi connectivity index (χ0v) is 15.9. The van der Waals surface area contributed by atoms with Gasteiger partial charge in [0, 0.05) is 31.9 Å². The number of hydrogen-bond donors (Lipinski definition) is 2. The van der Waals surface area contributed by atoms with Crippen LogP contribution in [0.4, 0.5) is 0 Å². The second-order valence-corrected chi connectivity index (χ2v) is 6.36. The summed E-state index contributed by atoms with van der Waals surface area (Å²) in [5, 5.41) is 11.6. The van der Waals surface area contributed by atoms with Gasteiger partial charge in [0.1, 0.15) is 10.9 Å². The van der Waals surface area contributed by atoms with E-state index in [-0.39, 0.29) is 0 Å². The molecule has 2 heterocycles. The van der Waals surface area contributed by atoms with E-state index in [1.807, 2.05) is 31.5 Å². The molecule has 2 aromatic heterocycles. The van der Waals surface area contributed by atoms with Gasteiger partial charge in [-0.05, 0) is 32.8 Å². The van der Waals surface area contributed by atoms with Crippen molar-refractivity contribution >= 4 is 29.2 Å². The minimum atomic E-state index is 0.538. The summed E-state index contributed by atoms with van der Waals surface area (Å²) in [6.45, 7) is 5.31. The van der Waals surface area contributed by atoms with Crippen LogP contribution in [0.15, 0.2) is 15.6 Å². The Morgan fingerprint density at radius 3 is 2.62 bits per heavy atom. The second kappa shape index (κ2) is 8.44. The van der Waals surface area contributed by atoms with Crippen molar-refractivity contribution in [3.05, 3.63) is 39.0 Å². The minimum Gasteiger partial charge on any atom is -0.361 e. The van der Waals surface area contributed by atoms with Crippen LogP contribution < -0.4 is 10.6 Å². The van der Waals surface area contributed by atoms with Gasteiger partial charge in [-0.25, -0.2) is 0 Å². The maximum Gasteiger partial charge on any atom is 0.191 e. The molecule has 0 aliphatic heterocycles. The molecular formula is C16H23Cl2N5O. The summed E-state index contributed by atoms with van der Waals surface area (Å²) < 4.78 is 7.02. The third-order valence-corrected chi connectivity index (χ3v) is 4.80. The van der Waals surface area contributed by atoms with E-state index in [2.05, 4.69) is 20.8 Å². The highest BCUT2D eigenvalue weighted by Crippen LogP contribution is 2.24. The van der Waals surface area contributed by atoms with Crippen molar-refractivity contribution in [1.82, 2.24) is 20.4 Å². The van der Waals surface area contributed by atoms with Crippen molar-refractivity contribution in [3.63, 3.8) is 0 Å². The molecule has 24 heavy (non-hydrogen) atoms. The Kier molecular flexibility index (Phi) is 6.57. The van der Waals surface area contributed by atoms with Crippen LogP contribution >= 0.6 is 23.2 Å². The second-order valence-electron chi connectivity index (χ2n) is 5.59. The minimum absolute atomic E-state index is 0.538. The van der Waals surface area contributed by atoms with Gasteiger partial charge in [-0.1, -0.05) is 28.4 Å². The van der Waals surface area contributed by atoms with Gasteiger partial charge >= 0.3 is 0 Å². The van der Waals surface area contributed by atoms with Gasteiger partial charge in [-0.2, -0.15) is 0 Å². The normalized spacial score (nSPS) is 11.8. The molecule has 0 aliphatic carbocycles. The quantitative estimate of drug-likeness (QED) is 0.464. The molecule has 0 saturated carbocycles. The van der Waals surface area contributed by atoms with Gasteiger partial charge in [0.2, 0.25) is 0 Å². The number of hydrogen-bond acceptors (Lipinski definition) is 3. The van der Waals surface area contributed by atoms with Gasteiger partial charge in [0.15, 0.2) is 5.96 Å². The first-order valence-corrected chi connectivity index (χ1v) is 8.55. The number of rotatable bonds is 6. The van der Waals surface area contributed by atoms with Gasteiger partial charge < -0.3 is 19.7 Å². The fourth-order valence-electron chi connectivity index (χ4n) is 2.48. The number of aromatic nitrogens is 2. The molecule has 2 aromatic rings. The van der Waals surface area contributed by atoms with Crippen molar-refractivity contribution in [1.29, 1.82) is 0 Å². The Balaban J connectivity index is 1.77. The van der Waals surface area contributed by atoms with E-state index in [1.165, 1.54) is 5.56 Å². The number of aliphatic imine (C=N–C) groups is 1. The highest BCUT2D eigenvalue weighted by atomic mass is 35.5. The van der Waals surface area contributed by atoms with Crippen molar-refractivity contribution < 1.29 is 4.52 Å². The van der Waals surface area contributed by atoms with E-state index < -0.39 is 0 Å². The zero-order valence-electron chi connectivity index (χ0n) is 14.4. The summed E-state index contributed by atoms with van der Waals surface area (Å²) in [4.78, 5) is 4.22. The Hall–Kier alpha value is -1.66. The van der Waals surface area contributed by atoms with Gasteiger partial charge in [-0.3, -0.25) is 4.99 Å². The van der Waals surface area contributed by atoms with E-state index in [0.717, 1.165) is 42.5 Å². The van der Waals surface area contributed by atoms with Crippen LogP contribution in [0, 0.1) is 13.8 Å². The molecule has 0 aliphatic rings. The molecule has 8 heteroatoms. The van der Waals surface area contributed by atoms with E-state index in [9.17, 15) is 0 Å². The summed E-state index contributed by atoms with van der Waals surface area (Å²) in [6, 6.07) is 1.85. The molecule has 2 rings (SSSR count). The van der Waals surface area contributed by atoms with Crippen LogP contribution in [0.1, 0.15) is 29.1 Å². The molecule has 0 amide bonds. The average Bonchev–Trinajstić information content (AvgIpc) is 3.01. The summed E-state index contributed by atoms with van der Waals surface area (Å²) >= 11 is 12.1. The summed E-state index contributed by atoms with van der Waals surface area (Å²) in [5.74, 6) is 1.63. The monoisotopic (exact) mass is 371 g/mol. The van der Waals surface area contributed by atoms with Crippen molar-refractivity contribution in [2.24, 2.45) is 12.0 Å². The highest BCUT2D eigenvalue weighted by molar-refractivity contribution is 6.41. The summed E-state index contributed by atoms with van der Waals surface area (Å²) in [6.07, 6.45) is 1.89. The first kappa shape index (κ1) is 18.7. The molecule has 0 bridgehead atoms. The van der Waals surface area contributed by atoms with Crippen LogP contribution in [0.25, 0.3) is 0 Å². The van der Waals surface area contributed by atoms with Crippen LogP contribution in [0.2, 0.25) is 10.2 Å². The van der Waals surface area contributed by atoms with Crippen molar-refractivity contribution in [2.45, 2.75) is 33.2 Å². The van der Waals surface area contributed by atoms with Crippen LogP contribution in [0.5, 0.6) is 0 Å². The maximum atomic E-state index is 6.07. The molecule has 6 nitrogen and oxygen atoms in total. The Morgan fingerprint density at radius 1 is 1.33 bits per heavy atom. The molecular weight excluding hydrogens is 349 g/mol. The van der Waals surface area contributed by atoms with E-state index in [4.69, 9.17) is 27.7 Å². The third-order valence-electron chi connectivity index (χ3n) is 3.95. The summed E-state index contributed by atoms with van der Waals surface area (Å²) in [7, 11) is 3.62. The lowest BCUT2D eigenvalue weighted by molar-refractivity contribution is 0.392. The fourth-order valence-corrected chi connectivity index (χ4v) is 2.90. The number of nitrogens with zero attached hydrogens (tertiary/aromatic N) is 3. The predicted octanol–water partition coefficient (Wildman–Crippen LogP) is 3.23. The fraction of sp³-hybridized carbons (Fsp3) is 0.500. The molecule has 0 fully saturated rings. The lowest BCUT2D eigenvalue weighted by atomic mass is 10.1. The highest BCUT2D eigenvalue weighted by Gasteiger charge is 2.10. The standard InChI is InChI=1S/C16H23Cl2N5O/c1-10-13(11(2)24-22-10)6-5-7-20-16(19-3)21-9-12-8-14(17)15(18)23(12)4/h8H,5-7,9H2,1-4H3,(H2,19,20,21). The van der Waals surface area contributed by atoms with Crippen molar-refractivity contribution in [2.75, 3.05) is 13.6 Å². The van der Waals surface area contributed by atoms with Gasteiger partial charge in [-0.15, -0.1) is 0 Å². The number of halogens is 2. The van der Waals surface area contributed by atoms with E-state index in [0.29, 0.717) is 16.7 Å². The summed E-state index contributed by atoms with van der Waals surface area (Å²) in [5.41, 5.74) is 3.14. The Labute approximate surface area is 152 Å².